The number of amides is 1. The molecule has 0 unspecified atom stereocenters. The zero-order valence-corrected chi connectivity index (χ0v) is 8.48. The second kappa shape index (κ2) is 5.35. The average Bonchev–Trinajstić information content (AvgIpc) is 1.80. The highest BCUT2D eigenvalue weighted by Crippen LogP contribution is 2.06. The summed E-state index contributed by atoms with van der Waals surface area (Å²) in [5.74, 6) is -0.533. The summed E-state index contributed by atoms with van der Waals surface area (Å²) >= 11 is 0. The van der Waals surface area contributed by atoms with Crippen LogP contribution < -0.4 is 11.5 Å². The molecule has 0 aliphatic heterocycles. The van der Waals surface area contributed by atoms with Crippen molar-refractivity contribution in [2.75, 3.05) is 6.61 Å². The second-order valence-corrected chi connectivity index (χ2v) is 3.43. The topological polar surface area (TPSA) is 78.3 Å². The molecule has 0 bridgehead atoms. The van der Waals surface area contributed by atoms with Gasteiger partial charge >= 0.3 is 0 Å². The number of hydrogen-bond acceptors (Lipinski definition) is 3. The zero-order valence-electron chi connectivity index (χ0n) is 7.66. The maximum atomic E-state index is 10.4. The number of rotatable bonds is 3. The average molecular weight is 197 g/mol. The van der Waals surface area contributed by atoms with E-state index in [9.17, 15) is 4.79 Å². The van der Waals surface area contributed by atoms with E-state index in [0.717, 1.165) is 0 Å². The fourth-order valence-electron chi connectivity index (χ4n) is 0.422. The van der Waals surface area contributed by atoms with Crippen LogP contribution in [0.2, 0.25) is 0 Å². The lowest BCUT2D eigenvalue weighted by molar-refractivity contribution is -0.121. The quantitative estimate of drug-likeness (QED) is 0.669. The van der Waals surface area contributed by atoms with Gasteiger partial charge in [-0.05, 0) is 20.8 Å². The van der Waals surface area contributed by atoms with Crippen LogP contribution in [0.1, 0.15) is 20.8 Å². The van der Waals surface area contributed by atoms with Crippen molar-refractivity contribution in [3.05, 3.63) is 0 Å². The van der Waals surface area contributed by atoms with Crippen molar-refractivity contribution < 1.29 is 9.53 Å². The Kier molecular flexibility index (Phi) is 6.34. The second-order valence-electron chi connectivity index (χ2n) is 3.43. The van der Waals surface area contributed by atoms with Gasteiger partial charge in [0.2, 0.25) is 5.91 Å². The predicted octanol–water partition coefficient (Wildman–Crippen LogP) is 0.0359. The van der Waals surface area contributed by atoms with Gasteiger partial charge in [0.1, 0.15) is 6.04 Å². The van der Waals surface area contributed by atoms with Crippen LogP contribution in [-0.4, -0.2) is 24.2 Å². The Labute approximate surface area is 79.0 Å². The molecule has 1 atom stereocenters. The molecule has 0 saturated heterocycles. The van der Waals surface area contributed by atoms with E-state index in [1.165, 1.54) is 0 Å². The summed E-state index contributed by atoms with van der Waals surface area (Å²) in [6, 6.07) is -0.700. The Hall–Kier alpha value is -0.320. The lowest BCUT2D eigenvalue weighted by Gasteiger charge is -2.20. The minimum absolute atomic E-state index is 0. The minimum Gasteiger partial charge on any atom is -0.374 e. The molecule has 0 rings (SSSR count). The highest BCUT2D eigenvalue weighted by molar-refractivity contribution is 5.85. The molecule has 0 aliphatic rings. The van der Waals surface area contributed by atoms with Crippen LogP contribution in [-0.2, 0) is 9.53 Å². The standard InChI is InChI=1S/C7H16N2O2.ClH/c1-7(2,3)11-4-5(8)6(9)10;/h5H,4,8H2,1-3H3,(H2,9,10);1H/t5-;/m0./s1. The van der Waals surface area contributed by atoms with Crippen LogP contribution in [0.4, 0.5) is 0 Å². The molecule has 12 heavy (non-hydrogen) atoms. The van der Waals surface area contributed by atoms with Gasteiger partial charge < -0.3 is 16.2 Å². The van der Waals surface area contributed by atoms with Gasteiger partial charge in [-0.2, -0.15) is 0 Å². The molecule has 0 aromatic rings. The van der Waals surface area contributed by atoms with Crippen LogP contribution in [0.5, 0.6) is 0 Å². The van der Waals surface area contributed by atoms with Gasteiger partial charge in [-0.1, -0.05) is 0 Å². The van der Waals surface area contributed by atoms with E-state index < -0.39 is 11.9 Å². The lowest BCUT2D eigenvalue weighted by Crippen LogP contribution is -2.42. The van der Waals surface area contributed by atoms with Crippen LogP contribution in [0, 0.1) is 0 Å². The smallest absolute Gasteiger partial charge is 0.236 e. The maximum absolute atomic E-state index is 10.4. The monoisotopic (exact) mass is 196 g/mol. The third-order valence-electron chi connectivity index (χ3n) is 1.06. The minimum atomic E-state index is -0.700. The van der Waals surface area contributed by atoms with Gasteiger partial charge in [0, 0.05) is 0 Å². The Morgan fingerprint density at radius 3 is 2.17 bits per heavy atom. The van der Waals surface area contributed by atoms with E-state index in [-0.39, 0.29) is 24.6 Å². The number of ether oxygens (including phenoxy) is 1. The Balaban J connectivity index is 0. The number of carbonyl (C=O) groups is 1. The summed E-state index contributed by atoms with van der Waals surface area (Å²) in [4.78, 5) is 10.4. The van der Waals surface area contributed by atoms with E-state index in [1.807, 2.05) is 20.8 Å². The van der Waals surface area contributed by atoms with Crippen molar-refractivity contribution >= 4 is 18.3 Å². The SMILES string of the molecule is CC(C)(C)OC[C@H](N)C(N)=O.Cl. The first-order chi connectivity index (χ1) is 4.83. The molecular weight excluding hydrogens is 180 g/mol. The number of nitrogens with two attached hydrogens (primary N) is 2. The number of hydrogen-bond donors (Lipinski definition) is 2. The molecule has 0 aliphatic carbocycles. The Morgan fingerprint density at radius 1 is 1.50 bits per heavy atom. The molecule has 0 heterocycles. The number of carbonyl (C=O) groups excluding carboxylic acids is 1. The van der Waals surface area contributed by atoms with Crippen molar-refractivity contribution in [3.8, 4) is 0 Å². The molecule has 5 heteroatoms. The van der Waals surface area contributed by atoms with E-state index in [2.05, 4.69) is 0 Å². The van der Waals surface area contributed by atoms with E-state index in [4.69, 9.17) is 16.2 Å². The van der Waals surface area contributed by atoms with Crippen molar-refractivity contribution in [1.29, 1.82) is 0 Å². The molecule has 0 spiro atoms. The zero-order chi connectivity index (χ0) is 9.07. The van der Waals surface area contributed by atoms with Crippen molar-refractivity contribution in [3.63, 3.8) is 0 Å². The fraction of sp³-hybridized carbons (Fsp3) is 0.857. The van der Waals surface area contributed by atoms with Crippen LogP contribution in [0.3, 0.4) is 0 Å². The first-order valence-electron chi connectivity index (χ1n) is 3.52. The Bertz CT molecular complexity index is 145. The lowest BCUT2D eigenvalue weighted by atomic mass is 10.2. The Morgan fingerprint density at radius 2 is 1.92 bits per heavy atom. The van der Waals surface area contributed by atoms with Gasteiger partial charge in [0.15, 0.2) is 0 Å². The summed E-state index contributed by atoms with van der Waals surface area (Å²) in [7, 11) is 0. The predicted molar refractivity (Wildman–Crippen MR) is 50.1 cm³/mol. The first-order valence-corrected chi connectivity index (χ1v) is 3.52. The van der Waals surface area contributed by atoms with E-state index >= 15 is 0 Å². The molecule has 0 aromatic heterocycles. The first kappa shape index (κ1) is 14.2. The van der Waals surface area contributed by atoms with Crippen LogP contribution in [0.25, 0.3) is 0 Å². The highest BCUT2D eigenvalue weighted by atomic mass is 35.5. The van der Waals surface area contributed by atoms with Gasteiger partial charge in [-0.3, -0.25) is 4.79 Å². The summed E-state index contributed by atoms with van der Waals surface area (Å²) in [5.41, 5.74) is 9.97. The summed E-state index contributed by atoms with van der Waals surface area (Å²) in [6.07, 6.45) is 0. The largest absolute Gasteiger partial charge is 0.374 e. The molecule has 1 amide bonds. The fourth-order valence-corrected chi connectivity index (χ4v) is 0.422. The van der Waals surface area contributed by atoms with Crippen molar-refractivity contribution in [2.24, 2.45) is 11.5 Å². The van der Waals surface area contributed by atoms with Gasteiger partial charge in [0.25, 0.3) is 0 Å². The third-order valence-corrected chi connectivity index (χ3v) is 1.06. The molecule has 0 saturated carbocycles. The molecular formula is C7H17ClN2O2. The van der Waals surface area contributed by atoms with E-state index in [0.29, 0.717) is 0 Å². The van der Waals surface area contributed by atoms with E-state index in [1.54, 1.807) is 0 Å². The van der Waals surface area contributed by atoms with Gasteiger partial charge in [-0.15, -0.1) is 12.4 Å². The number of primary amides is 1. The van der Waals surface area contributed by atoms with Crippen LogP contribution in [0.15, 0.2) is 0 Å². The normalized spacial score (nSPS) is 13.3. The molecule has 4 N–H and O–H groups in total. The van der Waals surface area contributed by atoms with Crippen molar-refractivity contribution in [1.82, 2.24) is 0 Å². The van der Waals surface area contributed by atoms with Gasteiger partial charge in [0.05, 0.1) is 12.2 Å². The van der Waals surface area contributed by atoms with Crippen LogP contribution >= 0.6 is 12.4 Å². The summed E-state index contributed by atoms with van der Waals surface area (Å²) < 4.78 is 5.23. The molecule has 4 nitrogen and oxygen atoms in total. The molecule has 0 radical (unpaired) electrons. The summed E-state index contributed by atoms with van der Waals surface area (Å²) in [5, 5.41) is 0. The third kappa shape index (κ3) is 7.78. The molecule has 0 fully saturated rings. The summed E-state index contributed by atoms with van der Waals surface area (Å²) in [6.45, 7) is 5.85. The number of halogens is 1. The molecule has 0 aromatic carbocycles. The molecule has 74 valence electrons. The van der Waals surface area contributed by atoms with Crippen molar-refractivity contribution in [2.45, 2.75) is 32.4 Å². The maximum Gasteiger partial charge on any atom is 0.236 e. The van der Waals surface area contributed by atoms with Gasteiger partial charge in [-0.25, -0.2) is 0 Å². The highest BCUT2D eigenvalue weighted by Gasteiger charge is 2.15.